The molecule has 1 fully saturated rings. The van der Waals surface area contributed by atoms with Gasteiger partial charge < -0.3 is 10.2 Å². The molecule has 1 amide bonds. The van der Waals surface area contributed by atoms with Gasteiger partial charge in [-0.1, -0.05) is 30.3 Å². The van der Waals surface area contributed by atoms with Crippen LogP contribution in [0, 0.1) is 0 Å². The highest BCUT2D eigenvalue weighted by atomic mass is 32.2. The van der Waals surface area contributed by atoms with Gasteiger partial charge in [0.05, 0.1) is 17.1 Å². The van der Waals surface area contributed by atoms with Gasteiger partial charge in [-0.3, -0.25) is 4.79 Å². The zero-order valence-corrected chi connectivity index (χ0v) is 17.6. The van der Waals surface area contributed by atoms with Gasteiger partial charge in [-0.05, 0) is 37.1 Å². The zero-order valence-electron chi connectivity index (χ0n) is 16.0. The number of nitrogens with one attached hydrogen (secondary N) is 1. The summed E-state index contributed by atoms with van der Waals surface area (Å²) in [5.41, 5.74) is 1.77. The monoisotopic (exact) mass is 418 g/mol. The Morgan fingerprint density at radius 3 is 2.57 bits per heavy atom. The van der Waals surface area contributed by atoms with Gasteiger partial charge in [0, 0.05) is 36.0 Å². The minimum atomic E-state index is -2.92. The Hall–Kier alpha value is -1.99. The van der Waals surface area contributed by atoms with E-state index in [1.54, 1.807) is 6.07 Å². The highest BCUT2D eigenvalue weighted by Gasteiger charge is 2.29. The van der Waals surface area contributed by atoms with Crippen LogP contribution in [0.2, 0.25) is 0 Å². The molecule has 0 aliphatic carbocycles. The highest BCUT2D eigenvalue weighted by molar-refractivity contribution is 8.02. The maximum Gasteiger partial charge on any atom is 0.252 e. The summed E-state index contributed by atoms with van der Waals surface area (Å²) in [7, 11) is -0.883. The number of amides is 1. The molecule has 28 heavy (non-hydrogen) atoms. The molecule has 2 aromatic carbocycles. The number of rotatable bonds is 8. The third-order valence-electron chi connectivity index (χ3n) is 4.77. The molecule has 2 aromatic rings. The molecule has 0 unspecified atom stereocenters. The van der Waals surface area contributed by atoms with Crippen molar-refractivity contribution in [2.45, 2.75) is 23.0 Å². The summed E-state index contributed by atoms with van der Waals surface area (Å²) in [6.07, 6.45) is 1.49. The van der Waals surface area contributed by atoms with E-state index < -0.39 is 9.84 Å². The number of benzene rings is 2. The smallest absolute Gasteiger partial charge is 0.252 e. The zero-order chi connectivity index (χ0) is 20.0. The number of carbonyl (C=O) groups excluding carboxylic acids is 1. The second kappa shape index (κ2) is 9.47. The standard InChI is InChI=1S/C21H26N2O3S2/c1-23(17-8-3-2-4-9-17)14-7-13-22-21(24)19-10-5-6-11-20(19)27-18-12-15-28(25,26)16-18/h2-6,8-11,18H,7,12-16H2,1H3,(H,22,24)/t18-/m1/s1. The van der Waals surface area contributed by atoms with Crippen LogP contribution in [0.15, 0.2) is 59.5 Å². The Morgan fingerprint density at radius 1 is 1.14 bits per heavy atom. The van der Waals surface area contributed by atoms with Crippen molar-refractivity contribution in [2.24, 2.45) is 0 Å². The summed E-state index contributed by atoms with van der Waals surface area (Å²) in [5, 5.41) is 3.02. The van der Waals surface area contributed by atoms with Crippen molar-refractivity contribution in [2.75, 3.05) is 36.5 Å². The van der Waals surface area contributed by atoms with Crippen molar-refractivity contribution in [3.63, 3.8) is 0 Å². The third-order valence-corrected chi connectivity index (χ3v) is 8.09. The molecule has 150 valence electrons. The van der Waals surface area contributed by atoms with Crippen LogP contribution in [0.5, 0.6) is 0 Å². The second-order valence-electron chi connectivity index (χ2n) is 7.01. The Morgan fingerprint density at radius 2 is 1.86 bits per heavy atom. The highest BCUT2D eigenvalue weighted by Crippen LogP contribution is 2.33. The van der Waals surface area contributed by atoms with Gasteiger partial charge in [-0.2, -0.15) is 0 Å². The van der Waals surface area contributed by atoms with Crippen molar-refractivity contribution in [1.82, 2.24) is 5.32 Å². The number of sulfone groups is 1. The molecule has 0 spiro atoms. The number of thioether (sulfide) groups is 1. The topological polar surface area (TPSA) is 66.5 Å². The van der Waals surface area contributed by atoms with Crippen LogP contribution in [0.1, 0.15) is 23.2 Å². The molecule has 3 rings (SSSR count). The molecule has 0 saturated carbocycles. The number of anilines is 1. The molecule has 0 aromatic heterocycles. The van der Waals surface area contributed by atoms with Gasteiger partial charge in [-0.15, -0.1) is 11.8 Å². The number of nitrogens with zero attached hydrogens (tertiary/aromatic N) is 1. The minimum absolute atomic E-state index is 0.0264. The molecule has 1 N–H and O–H groups in total. The quantitative estimate of drug-likeness (QED) is 0.667. The Bertz CT molecular complexity index is 901. The fourth-order valence-corrected chi connectivity index (χ4v) is 6.84. The van der Waals surface area contributed by atoms with Gasteiger partial charge in [0.15, 0.2) is 9.84 Å². The van der Waals surface area contributed by atoms with Crippen molar-refractivity contribution in [1.29, 1.82) is 0 Å². The van der Waals surface area contributed by atoms with Crippen LogP contribution in [0.25, 0.3) is 0 Å². The molecule has 1 aliphatic rings. The predicted molar refractivity (Wildman–Crippen MR) is 116 cm³/mol. The number of para-hydroxylation sites is 1. The van der Waals surface area contributed by atoms with E-state index in [1.165, 1.54) is 11.8 Å². The van der Waals surface area contributed by atoms with E-state index in [0.29, 0.717) is 18.5 Å². The maximum absolute atomic E-state index is 12.6. The molecule has 1 atom stereocenters. The van der Waals surface area contributed by atoms with Gasteiger partial charge >= 0.3 is 0 Å². The van der Waals surface area contributed by atoms with Crippen LogP contribution < -0.4 is 10.2 Å². The van der Waals surface area contributed by atoms with E-state index in [1.807, 2.05) is 43.4 Å². The van der Waals surface area contributed by atoms with E-state index in [0.717, 1.165) is 23.5 Å². The first-order valence-corrected chi connectivity index (χ1v) is 12.2. The lowest BCUT2D eigenvalue weighted by Crippen LogP contribution is -2.28. The predicted octanol–water partition coefficient (Wildman–Crippen LogP) is 3.22. The lowest BCUT2D eigenvalue weighted by atomic mass is 10.2. The first-order valence-electron chi connectivity index (χ1n) is 9.45. The lowest BCUT2D eigenvalue weighted by molar-refractivity contribution is 0.0950. The van der Waals surface area contributed by atoms with Crippen LogP contribution in [-0.4, -0.2) is 51.2 Å². The van der Waals surface area contributed by atoms with Gasteiger partial charge in [-0.25, -0.2) is 8.42 Å². The van der Waals surface area contributed by atoms with Crippen LogP contribution in [0.4, 0.5) is 5.69 Å². The molecule has 1 heterocycles. The molecule has 1 aliphatic heterocycles. The molecular weight excluding hydrogens is 392 g/mol. The van der Waals surface area contributed by atoms with Crippen molar-refractivity contribution < 1.29 is 13.2 Å². The van der Waals surface area contributed by atoms with E-state index in [2.05, 4.69) is 22.3 Å². The average Bonchev–Trinajstić information content (AvgIpc) is 3.04. The third kappa shape index (κ3) is 5.75. The molecule has 0 radical (unpaired) electrons. The SMILES string of the molecule is CN(CCCNC(=O)c1ccccc1S[C@@H]1CCS(=O)(=O)C1)c1ccccc1. The Balaban J connectivity index is 1.50. The van der Waals surface area contributed by atoms with Gasteiger partial charge in [0.1, 0.15) is 0 Å². The minimum Gasteiger partial charge on any atom is -0.375 e. The second-order valence-corrected chi connectivity index (χ2v) is 10.6. The molecule has 0 bridgehead atoms. The fraction of sp³-hybridized carbons (Fsp3) is 0.381. The summed E-state index contributed by atoms with van der Waals surface area (Å²) in [4.78, 5) is 15.6. The van der Waals surface area contributed by atoms with Crippen LogP contribution in [0.3, 0.4) is 0 Å². The van der Waals surface area contributed by atoms with Crippen molar-refractivity contribution in [3.05, 3.63) is 60.2 Å². The fourth-order valence-electron chi connectivity index (χ4n) is 3.22. The van der Waals surface area contributed by atoms with Crippen molar-refractivity contribution >= 4 is 33.2 Å². The molecule has 7 heteroatoms. The van der Waals surface area contributed by atoms with Crippen molar-refractivity contribution in [3.8, 4) is 0 Å². The summed E-state index contributed by atoms with van der Waals surface area (Å²) in [6, 6.07) is 17.6. The first-order chi connectivity index (χ1) is 13.4. The van der Waals surface area contributed by atoms with E-state index in [-0.39, 0.29) is 22.7 Å². The van der Waals surface area contributed by atoms with Crippen LogP contribution >= 0.6 is 11.8 Å². The van der Waals surface area contributed by atoms with E-state index in [9.17, 15) is 13.2 Å². The van der Waals surface area contributed by atoms with Gasteiger partial charge in [0.2, 0.25) is 0 Å². The van der Waals surface area contributed by atoms with Crippen LogP contribution in [-0.2, 0) is 9.84 Å². The first kappa shape index (κ1) is 20.7. The van der Waals surface area contributed by atoms with E-state index in [4.69, 9.17) is 0 Å². The number of hydrogen-bond donors (Lipinski definition) is 1. The summed E-state index contributed by atoms with van der Waals surface area (Å²) < 4.78 is 23.4. The van der Waals surface area contributed by atoms with E-state index >= 15 is 0 Å². The normalized spacial score (nSPS) is 18.0. The number of carbonyl (C=O) groups is 1. The largest absolute Gasteiger partial charge is 0.375 e. The Kier molecular flexibility index (Phi) is 7.02. The Labute approximate surface area is 171 Å². The molecule has 5 nitrogen and oxygen atoms in total. The summed E-state index contributed by atoms with van der Waals surface area (Å²) in [5.74, 6) is 0.333. The lowest BCUT2D eigenvalue weighted by Gasteiger charge is -2.19. The number of hydrogen-bond acceptors (Lipinski definition) is 5. The summed E-state index contributed by atoms with van der Waals surface area (Å²) in [6.45, 7) is 1.44. The molecule has 1 saturated heterocycles. The maximum atomic E-state index is 12.6. The van der Waals surface area contributed by atoms with Gasteiger partial charge in [0.25, 0.3) is 5.91 Å². The summed E-state index contributed by atoms with van der Waals surface area (Å²) >= 11 is 1.50. The molecular formula is C21H26N2O3S2. The average molecular weight is 419 g/mol.